The Morgan fingerprint density at radius 3 is 2.57 bits per heavy atom. The molecule has 0 aliphatic rings. The maximum atomic E-state index is 11.6. The number of benzene rings is 1. The zero-order chi connectivity index (χ0) is 15.0. The van der Waals surface area contributed by atoms with E-state index in [0.29, 0.717) is 11.0 Å². The first-order valence-corrected chi connectivity index (χ1v) is 8.22. The molecule has 3 rings (SSSR count). The van der Waals surface area contributed by atoms with Crippen LogP contribution in [-0.4, -0.2) is 29.6 Å². The molecule has 5 nitrogen and oxygen atoms in total. The lowest BCUT2D eigenvalue weighted by molar-refractivity contribution is 0.602. The van der Waals surface area contributed by atoms with Crippen LogP contribution in [0.4, 0.5) is 0 Å². The third-order valence-corrected chi connectivity index (χ3v) is 4.35. The molecule has 0 amide bonds. The van der Waals surface area contributed by atoms with Crippen LogP contribution in [0, 0.1) is 6.92 Å². The molecule has 106 valence electrons. The van der Waals surface area contributed by atoms with Crippen LogP contribution in [0.15, 0.2) is 47.8 Å². The van der Waals surface area contributed by atoms with Gasteiger partial charge in [0.05, 0.1) is 27.8 Å². The van der Waals surface area contributed by atoms with Crippen molar-refractivity contribution in [1.29, 1.82) is 0 Å². The monoisotopic (exact) mass is 299 g/mol. The summed E-state index contributed by atoms with van der Waals surface area (Å²) in [6.45, 7) is 1.96. The van der Waals surface area contributed by atoms with Crippen LogP contribution < -0.4 is 0 Å². The molecule has 0 unspecified atom stereocenters. The molecule has 0 radical (unpaired) electrons. The molecular formula is C15H13N3O2S. The van der Waals surface area contributed by atoms with Gasteiger partial charge in [-0.05, 0) is 36.8 Å². The summed E-state index contributed by atoms with van der Waals surface area (Å²) in [6.07, 6.45) is 6.31. The summed E-state index contributed by atoms with van der Waals surface area (Å²) in [4.78, 5) is 13.2. The molecule has 21 heavy (non-hydrogen) atoms. The second-order valence-electron chi connectivity index (χ2n) is 4.87. The van der Waals surface area contributed by atoms with E-state index in [1.54, 1.807) is 36.8 Å². The van der Waals surface area contributed by atoms with Gasteiger partial charge in [-0.25, -0.2) is 13.4 Å². The summed E-state index contributed by atoms with van der Waals surface area (Å²) in [6, 6.07) is 6.66. The van der Waals surface area contributed by atoms with Gasteiger partial charge in [-0.15, -0.1) is 0 Å². The first-order chi connectivity index (χ1) is 9.95. The second-order valence-corrected chi connectivity index (χ2v) is 6.88. The lowest BCUT2D eigenvalue weighted by Crippen LogP contribution is -1.98. The van der Waals surface area contributed by atoms with E-state index in [4.69, 9.17) is 0 Å². The number of fused-ring (bicyclic) bond motifs is 1. The summed E-state index contributed by atoms with van der Waals surface area (Å²) in [5.41, 5.74) is 3.95. The van der Waals surface area contributed by atoms with Crippen LogP contribution in [0.5, 0.6) is 0 Å². The smallest absolute Gasteiger partial charge is 0.175 e. The number of rotatable bonds is 2. The molecule has 0 spiro atoms. The molecule has 0 atom stereocenters. The fourth-order valence-electron chi connectivity index (χ4n) is 2.11. The fraction of sp³-hybridized carbons (Fsp3) is 0.133. The number of hydrogen-bond donors (Lipinski definition) is 0. The van der Waals surface area contributed by atoms with Crippen molar-refractivity contribution in [2.75, 3.05) is 6.26 Å². The SMILES string of the molecule is Cc1cnccc1-c1cnc2cc(S(C)(=O)=O)ccc2n1. The maximum absolute atomic E-state index is 11.6. The van der Waals surface area contributed by atoms with Gasteiger partial charge in [-0.2, -0.15) is 0 Å². The summed E-state index contributed by atoms with van der Waals surface area (Å²) >= 11 is 0. The Bertz CT molecular complexity index is 937. The van der Waals surface area contributed by atoms with Crippen molar-refractivity contribution in [3.8, 4) is 11.3 Å². The summed E-state index contributed by atoms with van der Waals surface area (Å²) in [5, 5.41) is 0. The highest BCUT2D eigenvalue weighted by atomic mass is 32.2. The van der Waals surface area contributed by atoms with Crippen LogP contribution in [0.1, 0.15) is 5.56 Å². The molecule has 2 heterocycles. The quantitative estimate of drug-likeness (QED) is 0.726. The maximum Gasteiger partial charge on any atom is 0.175 e. The topological polar surface area (TPSA) is 72.8 Å². The first-order valence-electron chi connectivity index (χ1n) is 6.33. The van der Waals surface area contributed by atoms with Gasteiger partial charge in [0.2, 0.25) is 0 Å². The van der Waals surface area contributed by atoms with E-state index in [9.17, 15) is 8.42 Å². The Hall–Kier alpha value is -2.34. The predicted molar refractivity (Wildman–Crippen MR) is 80.6 cm³/mol. The minimum absolute atomic E-state index is 0.247. The number of aromatic nitrogens is 3. The van der Waals surface area contributed by atoms with Gasteiger partial charge in [0.25, 0.3) is 0 Å². The van der Waals surface area contributed by atoms with Crippen molar-refractivity contribution in [2.45, 2.75) is 11.8 Å². The standard InChI is InChI=1S/C15H13N3O2S/c1-10-8-16-6-5-12(10)15-9-17-14-7-11(21(2,19)20)3-4-13(14)18-15/h3-9H,1-2H3. The molecular weight excluding hydrogens is 286 g/mol. The van der Waals surface area contributed by atoms with Gasteiger partial charge in [0.15, 0.2) is 9.84 Å². The van der Waals surface area contributed by atoms with E-state index in [0.717, 1.165) is 16.8 Å². The zero-order valence-electron chi connectivity index (χ0n) is 11.6. The van der Waals surface area contributed by atoms with Gasteiger partial charge in [-0.1, -0.05) is 0 Å². The van der Waals surface area contributed by atoms with Crippen LogP contribution in [-0.2, 0) is 9.84 Å². The molecule has 2 aromatic heterocycles. The van der Waals surface area contributed by atoms with Gasteiger partial charge in [0, 0.05) is 24.2 Å². The van der Waals surface area contributed by atoms with Crippen molar-refractivity contribution < 1.29 is 8.42 Å². The Morgan fingerprint density at radius 2 is 1.86 bits per heavy atom. The normalized spacial score (nSPS) is 11.7. The molecule has 1 aromatic carbocycles. The number of nitrogens with zero attached hydrogens (tertiary/aromatic N) is 3. The Labute approximate surface area is 122 Å². The van der Waals surface area contributed by atoms with E-state index in [1.165, 1.54) is 6.26 Å². The van der Waals surface area contributed by atoms with Crippen molar-refractivity contribution in [3.63, 3.8) is 0 Å². The lowest BCUT2D eigenvalue weighted by atomic mass is 10.1. The Kier molecular flexibility index (Phi) is 3.17. The third kappa shape index (κ3) is 2.62. The minimum atomic E-state index is -3.24. The minimum Gasteiger partial charge on any atom is -0.264 e. The summed E-state index contributed by atoms with van der Waals surface area (Å²) in [7, 11) is -3.24. The van der Waals surface area contributed by atoms with E-state index in [2.05, 4.69) is 15.0 Å². The highest BCUT2D eigenvalue weighted by Gasteiger charge is 2.10. The third-order valence-electron chi connectivity index (χ3n) is 3.24. The highest BCUT2D eigenvalue weighted by molar-refractivity contribution is 7.90. The average molecular weight is 299 g/mol. The molecule has 0 saturated carbocycles. The fourth-order valence-corrected chi connectivity index (χ4v) is 2.75. The van der Waals surface area contributed by atoms with E-state index in [1.807, 2.05) is 13.0 Å². The van der Waals surface area contributed by atoms with Crippen molar-refractivity contribution in [3.05, 3.63) is 48.4 Å². The van der Waals surface area contributed by atoms with Crippen LogP contribution in [0.2, 0.25) is 0 Å². The first kappa shape index (κ1) is 13.6. The predicted octanol–water partition coefficient (Wildman–Crippen LogP) is 2.40. The van der Waals surface area contributed by atoms with Crippen LogP contribution >= 0.6 is 0 Å². The number of hydrogen-bond acceptors (Lipinski definition) is 5. The number of aryl methyl sites for hydroxylation is 1. The summed E-state index contributed by atoms with van der Waals surface area (Å²) in [5.74, 6) is 0. The Balaban J connectivity index is 2.16. The molecule has 0 aliphatic carbocycles. The molecule has 0 saturated heterocycles. The number of sulfone groups is 1. The van der Waals surface area contributed by atoms with Gasteiger partial charge in [0.1, 0.15) is 0 Å². The molecule has 0 N–H and O–H groups in total. The Morgan fingerprint density at radius 1 is 1.05 bits per heavy atom. The summed E-state index contributed by atoms with van der Waals surface area (Å²) < 4.78 is 23.1. The molecule has 0 fully saturated rings. The average Bonchev–Trinajstić information content (AvgIpc) is 2.46. The molecule has 0 aliphatic heterocycles. The van der Waals surface area contributed by atoms with Crippen LogP contribution in [0.3, 0.4) is 0 Å². The molecule has 0 bridgehead atoms. The van der Waals surface area contributed by atoms with Gasteiger partial charge in [-0.3, -0.25) is 9.97 Å². The lowest BCUT2D eigenvalue weighted by Gasteiger charge is -2.06. The van der Waals surface area contributed by atoms with Crippen molar-refractivity contribution >= 4 is 20.9 Å². The van der Waals surface area contributed by atoms with Gasteiger partial charge >= 0.3 is 0 Å². The largest absolute Gasteiger partial charge is 0.264 e. The van der Waals surface area contributed by atoms with Crippen LogP contribution in [0.25, 0.3) is 22.3 Å². The van der Waals surface area contributed by atoms with E-state index in [-0.39, 0.29) is 4.90 Å². The van der Waals surface area contributed by atoms with Gasteiger partial charge < -0.3 is 0 Å². The second kappa shape index (κ2) is 4.89. The van der Waals surface area contributed by atoms with Crippen molar-refractivity contribution in [1.82, 2.24) is 15.0 Å². The molecule has 3 aromatic rings. The zero-order valence-corrected chi connectivity index (χ0v) is 12.4. The number of pyridine rings is 1. The van der Waals surface area contributed by atoms with E-state index >= 15 is 0 Å². The van der Waals surface area contributed by atoms with E-state index < -0.39 is 9.84 Å². The van der Waals surface area contributed by atoms with Crippen molar-refractivity contribution in [2.24, 2.45) is 0 Å². The highest BCUT2D eigenvalue weighted by Crippen LogP contribution is 2.23. The molecule has 6 heteroatoms.